The molecule has 3 rings (SSSR count). The summed E-state index contributed by atoms with van der Waals surface area (Å²) < 4.78 is 5.33. The third kappa shape index (κ3) is 5.62. The maximum absolute atomic E-state index is 12.9. The van der Waals surface area contributed by atoms with E-state index in [0.717, 1.165) is 0 Å². The Morgan fingerprint density at radius 2 is 1.75 bits per heavy atom. The molecular weight excluding hydrogens is 399 g/mol. The largest absolute Gasteiger partial charge is 0.467 e. The first kappa shape index (κ1) is 20.0. The number of hydrogen-bond acceptors (Lipinski definition) is 3. The van der Waals surface area contributed by atoms with Gasteiger partial charge in [0.25, 0.3) is 0 Å². The number of nitrogens with zero attached hydrogens (tertiary/aromatic N) is 1. The predicted molar refractivity (Wildman–Crippen MR) is 109 cm³/mol. The molecular formula is C21H18Cl2N2O3. The zero-order valence-corrected chi connectivity index (χ0v) is 16.4. The highest BCUT2D eigenvalue weighted by molar-refractivity contribution is 6.42. The van der Waals surface area contributed by atoms with Gasteiger partial charge in [-0.1, -0.05) is 47.5 Å². The van der Waals surface area contributed by atoms with Gasteiger partial charge in [-0.25, -0.2) is 0 Å². The third-order valence-corrected chi connectivity index (χ3v) is 4.75. The van der Waals surface area contributed by atoms with Crippen molar-refractivity contribution in [3.05, 3.63) is 88.3 Å². The van der Waals surface area contributed by atoms with Gasteiger partial charge in [0.2, 0.25) is 11.8 Å². The van der Waals surface area contributed by atoms with Crippen molar-refractivity contribution >= 4 is 40.7 Å². The van der Waals surface area contributed by atoms with Gasteiger partial charge in [-0.15, -0.1) is 0 Å². The monoisotopic (exact) mass is 416 g/mol. The van der Waals surface area contributed by atoms with Crippen LogP contribution >= 0.6 is 23.2 Å². The minimum atomic E-state index is -0.291. The number of halogens is 2. The fourth-order valence-electron chi connectivity index (χ4n) is 2.65. The summed E-state index contributed by atoms with van der Waals surface area (Å²) >= 11 is 12.0. The number of amides is 2. The van der Waals surface area contributed by atoms with Crippen LogP contribution < -0.4 is 5.32 Å². The van der Waals surface area contributed by atoms with Crippen LogP contribution in [0.3, 0.4) is 0 Å². The molecule has 2 amide bonds. The van der Waals surface area contributed by atoms with Crippen LogP contribution in [0.2, 0.25) is 10.0 Å². The van der Waals surface area contributed by atoms with E-state index in [0.29, 0.717) is 27.1 Å². The van der Waals surface area contributed by atoms with Crippen LogP contribution in [0.4, 0.5) is 5.69 Å². The van der Waals surface area contributed by atoms with Gasteiger partial charge in [0, 0.05) is 5.69 Å². The summed E-state index contributed by atoms with van der Waals surface area (Å²) in [5.41, 5.74) is 1.38. The second kappa shape index (κ2) is 9.44. The van der Waals surface area contributed by atoms with E-state index in [1.54, 1.807) is 42.5 Å². The normalized spacial score (nSPS) is 10.5. The number of nitrogens with one attached hydrogen (secondary N) is 1. The molecule has 7 heteroatoms. The summed E-state index contributed by atoms with van der Waals surface area (Å²) in [7, 11) is 0. The Balaban J connectivity index is 1.71. The summed E-state index contributed by atoms with van der Waals surface area (Å²) in [4.78, 5) is 26.7. The van der Waals surface area contributed by atoms with E-state index in [1.165, 1.54) is 11.2 Å². The fourth-order valence-corrected chi connectivity index (χ4v) is 2.97. The molecule has 0 aliphatic rings. The summed E-state index contributed by atoms with van der Waals surface area (Å²) in [6.45, 7) is 0.0884. The second-order valence-electron chi connectivity index (χ2n) is 6.17. The molecule has 0 fully saturated rings. The lowest BCUT2D eigenvalue weighted by atomic mass is 10.1. The van der Waals surface area contributed by atoms with E-state index in [4.69, 9.17) is 27.6 Å². The number of carbonyl (C=O) groups excluding carboxylic acids is 2. The third-order valence-electron chi connectivity index (χ3n) is 4.01. The van der Waals surface area contributed by atoms with Crippen LogP contribution in [0, 0.1) is 0 Å². The first-order chi connectivity index (χ1) is 13.5. The molecule has 2 aromatic carbocycles. The molecule has 0 saturated heterocycles. The number of rotatable bonds is 7. The SMILES string of the molecule is O=C(CN(Cc1ccco1)C(=O)Cc1ccc(Cl)c(Cl)c1)Nc1ccccc1. The Morgan fingerprint density at radius 1 is 0.964 bits per heavy atom. The molecule has 0 atom stereocenters. The van der Waals surface area contributed by atoms with E-state index >= 15 is 0 Å². The van der Waals surface area contributed by atoms with Gasteiger partial charge in [0.05, 0.1) is 29.3 Å². The van der Waals surface area contributed by atoms with Gasteiger partial charge in [0.15, 0.2) is 0 Å². The van der Waals surface area contributed by atoms with Gasteiger partial charge in [-0.2, -0.15) is 0 Å². The smallest absolute Gasteiger partial charge is 0.244 e. The van der Waals surface area contributed by atoms with Crippen molar-refractivity contribution in [2.75, 3.05) is 11.9 Å². The number of para-hydroxylation sites is 1. The number of carbonyl (C=O) groups is 2. The Labute approximate surface area is 172 Å². The van der Waals surface area contributed by atoms with E-state index < -0.39 is 0 Å². The summed E-state index contributed by atoms with van der Waals surface area (Å²) in [6.07, 6.45) is 1.62. The molecule has 1 aromatic heterocycles. The average Bonchev–Trinajstić information content (AvgIpc) is 3.18. The van der Waals surface area contributed by atoms with Crippen molar-refractivity contribution < 1.29 is 14.0 Å². The highest BCUT2D eigenvalue weighted by Gasteiger charge is 2.19. The Bertz CT molecular complexity index is 944. The van der Waals surface area contributed by atoms with E-state index in [1.807, 2.05) is 18.2 Å². The number of anilines is 1. The minimum absolute atomic E-state index is 0.0935. The van der Waals surface area contributed by atoms with Crippen molar-refractivity contribution in [3.8, 4) is 0 Å². The second-order valence-corrected chi connectivity index (χ2v) is 6.98. The molecule has 0 bridgehead atoms. The lowest BCUT2D eigenvalue weighted by molar-refractivity contribution is -0.134. The molecule has 1 heterocycles. The molecule has 28 heavy (non-hydrogen) atoms. The van der Waals surface area contributed by atoms with Gasteiger partial charge in [0.1, 0.15) is 12.3 Å². The molecule has 0 saturated carbocycles. The Morgan fingerprint density at radius 3 is 2.43 bits per heavy atom. The first-order valence-electron chi connectivity index (χ1n) is 8.60. The maximum Gasteiger partial charge on any atom is 0.244 e. The molecule has 0 unspecified atom stereocenters. The molecule has 5 nitrogen and oxygen atoms in total. The van der Waals surface area contributed by atoms with Gasteiger partial charge >= 0.3 is 0 Å². The highest BCUT2D eigenvalue weighted by Crippen LogP contribution is 2.23. The fraction of sp³-hybridized carbons (Fsp3) is 0.143. The maximum atomic E-state index is 12.9. The number of hydrogen-bond donors (Lipinski definition) is 1. The van der Waals surface area contributed by atoms with Crippen molar-refractivity contribution in [1.29, 1.82) is 0 Å². The predicted octanol–water partition coefficient (Wildman–Crippen LogP) is 4.80. The summed E-state index contributed by atoms with van der Waals surface area (Å²) in [5.74, 6) is 0.0771. The van der Waals surface area contributed by atoms with Crippen LogP contribution in [-0.2, 0) is 22.6 Å². The molecule has 3 aromatic rings. The van der Waals surface area contributed by atoms with Crippen LogP contribution in [0.5, 0.6) is 0 Å². The lowest BCUT2D eigenvalue weighted by Crippen LogP contribution is -2.38. The Kier molecular flexibility index (Phi) is 6.74. The van der Waals surface area contributed by atoms with Crippen molar-refractivity contribution in [3.63, 3.8) is 0 Å². The van der Waals surface area contributed by atoms with Gasteiger partial charge < -0.3 is 14.6 Å². The van der Waals surface area contributed by atoms with Gasteiger partial charge in [-0.05, 0) is 42.0 Å². The molecule has 144 valence electrons. The van der Waals surface area contributed by atoms with Crippen molar-refractivity contribution in [2.24, 2.45) is 0 Å². The Hall–Kier alpha value is -2.76. The molecule has 0 spiro atoms. The van der Waals surface area contributed by atoms with E-state index in [9.17, 15) is 9.59 Å². The zero-order valence-electron chi connectivity index (χ0n) is 14.9. The average molecular weight is 417 g/mol. The van der Waals surface area contributed by atoms with Crippen molar-refractivity contribution in [1.82, 2.24) is 4.90 Å². The standard InChI is InChI=1S/C21H18Cl2N2O3/c22-18-9-8-15(11-19(18)23)12-21(27)25(13-17-7-4-10-28-17)14-20(26)24-16-5-2-1-3-6-16/h1-11H,12-14H2,(H,24,26). The van der Waals surface area contributed by atoms with E-state index in [2.05, 4.69) is 5.32 Å². The molecule has 0 aliphatic carbocycles. The zero-order chi connectivity index (χ0) is 19.9. The summed E-state index contributed by atoms with van der Waals surface area (Å²) in [6, 6.07) is 17.6. The molecule has 0 aliphatic heterocycles. The van der Waals surface area contributed by atoms with Crippen LogP contribution in [0.1, 0.15) is 11.3 Å². The van der Waals surface area contributed by atoms with Crippen molar-refractivity contribution in [2.45, 2.75) is 13.0 Å². The quantitative estimate of drug-likeness (QED) is 0.601. The van der Waals surface area contributed by atoms with E-state index in [-0.39, 0.29) is 31.3 Å². The van der Waals surface area contributed by atoms with Gasteiger partial charge in [-0.3, -0.25) is 9.59 Å². The van der Waals surface area contributed by atoms with Crippen LogP contribution in [-0.4, -0.2) is 23.3 Å². The minimum Gasteiger partial charge on any atom is -0.467 e. The van der Waals surface area contributed by atoms with Crippen LogP contribution in [0.15, 0.2) is 71.3 Å². The molecule has 0 radical (unpaired) electrons. The summed E-state index contributed by atoms with van der Waals surface area (Å²) in [5, 5.41) is 3.59. The van der Waals surface area contributed by atoms with Crippen LogP contribution in [0.25, 0.3) is 0 Å². The number of furan rings is 1. The topological polar surface area (TPSA) is 62.6 Å². The first-order valence-corrected chi connectivity index (χ1v) is 9.36. The number of benzene rings is 2. The lowest BCUT2D eigenvalue weighted by Gasteiger charge is -2.21. The molecule has 1 N–H and O–H groups in total. The highest BCUT2D eigenvalue weighted by atomic mass is 35.5.